The van der Waals surface area contributed by atoms with Crippen LogP contribution in [0.3, 0.4) is 0 Å². The fourth-order valence-electron chi connectivity index (χ4n) is 1.54. The average Bonchev–Trinajstić information content (AvgIpc) is 3.09. The maximum absolute atomic E-state index is 8.75. The van der Waals surface area contributed by atoms with Crippen LogP contribution in [0.5, 0.6) is 0 Å². The minimum atomic E-state index is 0.643. The van der Waals surface area contributed by atoms with Crippen LogP contribution in [0.15, 0.2) is 36.0 Å². The van der Waals surface area contributed by atoms with E-state index in [4.69, 9.17) is 5.26 Å². The van der Waals surface area contributed by atoms with Crippen molar-refractivity contribution in [1.29, 1.82) is 5.26 Å². The Kier molecular flexibility index (Phi) is 2.59. The molecule has 2 heterocycles. The quantitative estimate of drug-likeness (QED) is 0.761. The van der Waals surface area contributed by atoms with Crippen LogP contribution < -0.4 is 0 Å². The number of hydrogen-bond donors (Lipinski definition) is 1. The first-order valence-electron chi connectivity index (χ1n) is 5.18. The highest BCUT2D eigenvalue weighted by atomic mass is 32.1. The largest absolute Gasteiger partial charge is 0.257 e. The molecule has 0 atom stereocenters. The number of H-pyrrole nitrogens is 1. The molecule has 3 aromatic rings. The summed E-state index contributed by atoms with van der Waals surface area (Å²) in [7, 11) is 0. The van der Waals surface area contributed by atoms with E-state index in [2.05, 4.69) is 26.2 Å². The number of rotatable bonds is 2. The van der Waals surface area contributed by atoms with Gasteiger partial charge in [-0.05, 0) is 12.1 Å². The van der Waals surface area contributed by atoms with Gasteiger partial charge in [-0.1, -0.05) is 12.1 Å². The lowest BCUT2D eigenvalue weighted by molar-refractivity contribution is 1.09. The Balaban J connectivity index is 1.95. The Hall–Kier alpha value is -2.52. The van der Waals surface area contributed by atoms with Crippen LogP contribution in [0.25, 0.3) is 22.1 Å². The topological polar surface area (TPSA) is 78.2 Å². The Labute approximate surface area is 107 Å². The minimum absolute atomic E-state index is 0.643. The van der Waals surface area contributed by atoms with Crippen molar-refractivity contribution in [3.8, 4) is 28.2 Å². The molecule has 0 saturated carbocycles. The SMILES string of the molecule is N#Cc1ccc(-c2csc(-c3ncn[nH]3)n2)cc1. The molecule has 0 amide bonds. The van der Waals surface area contributed by atoms with Gasteiger partial charge in [0.2, 0.25) is 0 Å². The third-order valence-corrected chi connectivity index (χ3v) is 3.28. The van der Waals surface area contributed by atoms with Gasteiger partial charge in [-0.15, -0.1) is 11.3 Å². The van der Waals surface area contributed by atoms with E-state index in [9.17, 15) is 0 Å². The van der Waals surface area contributed by atoms with Crippen molar-refractivity contribution in [2.45, 2.75) is 0 Å². The van der Waals surface area contributed by atoms with Gasteiger partial charge < -0.3 is 0 Å². The highest BCUT2D eigenvalue weighted by molar-refractivity contribution is 7.13. The number of aromatic amines is 1. The number of thiazole rings is 1. The van der Waals surface area contributed by atoms with Crippen molar-refractivity contribution < 1.29 is 0 Å². The highest BCUT2D eigenvalue weighted by Crippen LogP contribution is 2.26. The number of hydrogen-bond acceptors (Lipinski definition) is 5. The van der Waals surface area contributed by atoms with E-state index in [0.717, 1.165) is 16.3 Å². The molecule has 0 aliphatic heterocycles. The van der Waals surface area contributed by atoms with E-state index >= 15 is 0 Å². The van der Waals surface area contributed by atoms with Gasteiger partial charge in [-0.25, -0.2) is 9.97 Å². The van der Waals surface area contributed by atoms with Gasteiger partial charge in [0, 0.05) is 10.9 Å². The minimum Gasteiger partial charge on any atom is -0.257 e. The van der Waals surface area contributed by atoms with Crippen LogP contribution in [-0.2, 0) is 0 Å². The molecule has 1 N–H and O–H groups in total. The van der Waals surface area contributed by atoms with E-state index in [-0.39, 0.29) is 0 Å². The van der Waals surface area contributed by atoms with E-state index < -0.39 is 0 Å². The van der Waals surface area contributed by atoms with E-state index in [1.807, 2.05) is 17.5 Å². The molecule has 0 spiro atoms. The molecule has 0 bridgehead atoms. The van der Waals surface area contributed by atoms with Crippen molar-refractivity contribution in [1.82, 2.24) is 20.2 Å². The monoisotopic (exact) mass is 253 g/mol. The molecule has 3 rings (SSSR count). The van der Waals surface area contributed by atoms with Gasteiger partial charge in [-0.3, -0.25) is 5.10 Å². The number of nitrogens with zero attached hydrogens (tertiary/aromatic N) is 4. The summed E-state index contributed by atoms with van der Waals surface area (Å²) < 4.78 is 0. The summed E-state index contributed by atoms with van der Waals surface area (Å²) in [5, 5.41) is 18.1. The highest BCUT2D eigenvalue weighted by Gasteiger charge is 2.08. The van der Waals surface area contributed by atoms with E-state index in [1.54, 1.807) is 12.1 Å². The summed E-state index contributed by atoms with van der Waals surface area (Å²) in [6, 6.07) is 9.43. The zero-order chi connectivity index (χ0) is 12.4. The summed E-state index contributed by atoms with van der Waals surface area (Å²) in [6.45, 7) is 0. The lowest BCUT2D eigenvalue weighted by Crippen LogP contribution is -1.82. The second-order valence-electron chi connectivity index (χ2n) is 3.56. The maximum atomic E-state index is 8.75. The third-order valence-electron chi connectivity index (χ3n) is 2.43. The number of benzene rings is 1. The molecule has 6 heteroatoms. The van der Waals surface area contributed by atoms with Crippen molar-refractivity contribution in [3.63, 3.8) is 0 Å². The summed E-state index contributed by atoms with van der Waals surface area (Å²) in [5.41, 5.74) is 2.50. The molecule has 0 fully saturated rings. The summed E-state index contributed by atoms with van der Waals surface area (Å²) >= 11 is 1.50. The first-order valence-corrected chi connectivity index (χ1v) is 6.06. The molecular formula is C12H7N5S. The van der Waals surface area contributed by atoms with Crippen LogP contribution >= 0.6 is 11.3 Å². The molecule has 0 saturated heterocycles. The molecule has 0 unspecified atom stereocenters. The van der Waals surface area contributed by atoms with E-state index in [0.29, 0.717) is 11.4 Å². The van der Waals surface area contributed by atoms with Gasteiger partial charge in [0.15, 0.2) is 10.8 Å². The standard InChI is InChI=1S/C12H7N5S/c13-5-8-1-3-9(4-2-8)10-6-18-12(16-10)11-14-7-15-17-11/h1-4,6-7H,(H,14,15,17). The molecule has 0 aliphatic carbocycles. The predicted octanol–water partition coefficient (Wildman–Crippen LogP) is 2.47. The van der Waals surface area contributed by atoms with Crippen molar-refractivity contribution in [3.05, 3.63) is 41.5 Å². The van der Waals surface area contributed by atoms with Crippen LogP contribution in [0.2, 0.25) is 0 Å². The molecule has 5 nitrogen and oxygen atoms in total. The maximum Gasteiger partial charge on any atom is 0.184 e. The lowest BCUT2D eigenvalue weighted by atomic mass is 10.1. The Bertz CT molecular complexity index is 691. The molecule has 0 radical (unpaired) electrons. The van der Waals surface area contributed by atoms with Crippen molar-refractivity contribution in [2.24, 2.45) is 0 Å². The zero-order valence-electron chi connectivity index (χ0n) is 9.16. The first-order chi connectivity index (χ1) is 8.86. The molecule has 2 aromatic heterocycles. The van der Waals surface area contributed by atoms with Gasteiger partial charge >= 0.3 is 0 Å². The Morgan fingerprint density at radius 2 is 2.06 bits per heavy atom. The van der Waals surface area contributed by atoms with Gasteiger partial charge in [0.25, 0.3) is 0 Å². The fraction of sp³-hybridized carbons (Fsp3) is 0. The third kappa shape index (κ3) is 1.87. The van der Waals surface area contributed by atoms with Crippen LogP contribution in [-0.4, -0.2) is 20.2 Å². The van der Waals surface area contributed by atoms with Crippen LogP contribution in [0.4, 0.5) is 0 Å². The summed E-state index contributed by atoms with van der Waals surface area (Å²) in [5.74, 6) is 0.667. The van der Waals surface area contributed by atoms with Gasteiger partial charge in [0.1, 0.15) is 6.33 Å². The lowest BCUT2D eigenvalue weighted by Gasteiger charge is -1.95. The smallest absolute Gasteiger partial charge is 0.184 e. The van der Waals surface area contributed by atoms with Crippen molar-refractivity contribution in [2.75, 3.05) is 0 Å². The van der Waals surface area contributed by atoms with E-state index in [1.165, 1.54) is 17.7 Å². The second kappa shape index (κ2) is 4.39. The van der Waals surface area contributed by atoms with Gasteiger partial charge in [0.05, 0.1) is 17.3 Å². The molecule has 18 heavy (non-hydrogen) atoms. The Morgan fingerprint density at radius 3 is 2.72 bits per heavy atom. The van der Waals surface area contributed by atoms with Gasteiger partial charge in [-0.2, -0.15) is 10.4 Å². The van der Waals surface area contributed by atoms with Crippen LogP contribution in [0.1, 0.15) is 5.56 Å². The average molecular weight is 253 g/mol. The second-order valence-corrected chi connectivity index (χ2v) is 4.42. The zero-order valence-corrected chi connectivity index (χ0v) is 9.98. The van der Waals surface area contributed by atoms with Crippen LogP contribution in [0, 0.1) is 11.3 Å². The number of nitriles is 1. The summed E-state index contributed by atoms with van der Waals surface area (Å²) in [6.07, 6.45) is 1.46. The molecular weight excluding hydrogens is 246 g/mol. The fourth-order valence-corrected chi connectivity index (χ4v) is 2.31. The first kappa shape index (κ1) is 10.6. The predicted molar refractivity (Wildman–Crippen MR) is 67.6 cm³/mol. The number of aromatic nitrogens is 4. The number of nitrogens with one attached hydrogen (secondary N) is 1. The molecule has 86 valence electrons. The van der Waals surface area contributed by atoms with Crippen molar-refractivity contribution >= 4 is 11.3 Å². The normalized spacial score (nSPS) is 10.2. The summed E-state index contributed by atoms with van der Waals surface area (Å²) in [4.78, 5) is 8.54. The molecule has 0 aliphatic rings. The molecule has 1 aromatic carbocycles. The Morgan fingerprint density at radius 1 is 1.22 bits per heavy atom.